The molecule has 0 atom stereocenters. The second-order valence-corrected chi connectivity index (χ2v) is 6.02. The van der Waals surface area contributed by atoms with E-state index in [4.69, 9.17) is 0 Å². The number of hydrogen-bond acceptors (Lipinski definition) is 3. The zero-order chi connectivity index (χ0) is 14.0. The molecule has 1 aliphatic rings. The van der Waals surface area contributed by atoms with E-state index in [1.165, 1.54) is 70.5 Å². The van der Waals surface area contributed by atoms with Gasteiger partial charge in [0.1, 0.15) is 0 Å². The third-order valence-electron chi connectivity index (χ3n) is 4.29. The summed E-state index contributed by atoms with van der Waals surface area (Å²) in [6.45, 7) is 8.49. The van der Waals surface area contributed by atoms with Gasteiger partial charge in [-0.1, -0.05) is 6.92 Å². The largest absolute Gasteiger partial charge is 0.348 e. The fourth-order valence-electron chi connectivity index (χ4n) is 2.97. The summed E-state index contributed by atoms with van der Waals surface area (Å²) in [6.07, 6.45) is 11.4. The highest BCUT2D eigenvalue weighted by molar-refractivity contribution is 4.93. The summed E-state index contributed by atoms with van der Waals surface area (Å²) in [6, 6.07) is 0. The van der Waals surface area contributed by atoms with E-state index < -0.39 is 0 Å². The predicted octanol–water partition coefficient (Wildman–Crippen LogP) is 2.44. The van der Waals surface area contributed by atoms with Gasteiger partial charge in [0.05, 0.1) is 6.33 Å². The van der Waals surface area contributed by atoms with Crippen LogP contribution < -0.4 is 5.32 Å². The third kappa shape index (κ3) is 5.63. The van der Waals surface area contributed by atoms with Crippen molar-refractivity contribution >= 4 is 0 Å². The Kier molecular flexibility index (Phi) is 7.09. The highest BCUT2D eigenvalue weighted by Crippen LogP contribution is 2.16. The van der Waals surface area contributed by atoms with Crippen molar-refractivity contribution in [3.05, 3.63) is 18.2 Å². The smallest absolute Gasteiger partial charge is 0.0921 e. The van der Waals surface area contributed by atoms with E-state index in [9.17, 15) is 0 Å². The van der Waals surface area contributed by atoms with Crippen LogP contribution in [-0.2, 0) is 6.42 Å². The highest BCUT2D eigenvalue weighted by Gasteiger charge is 2.18. The number of aromatic nitrogens is 2. The number of nitrogens with zero attached hydrogens (tertiary/aromatic N) is 2. The second-order valence-electron chi connectivity index (χ2n) is 6.02. The zero-order valence-corrected chi connectivity index (χ0v) is 12.9. The van der Waals surface area contributed by atoms with Crippen LogP contribution in [0.3, 0.4) is 0 Å². The van der Waals surface area contributed by atoms with Crippen LogP contribution >= 0.6 is 0 Å². The number of unbranched alkanes of at least 4 members (excludes halogenated alkanes) is 1. The lowest BCUT2D eigenvalue weighted by atomic mass is 9.96. The van der Waals surface area contributed by atoms with E-state index in [1.54, 1.807) is 6.33 Å². The minimum Gasteiger partial charge on any atom is -0.348 e. The summed E-state index contributed by atoms with van der Waals surface area (Å²) in [5.74, 6) is 0.905. The fourth-order valence-corrected chi connectivity index (χ4v) is 2.97. The number of aromatic amines is 1. The molecule has 0 saturated carbocycles. The van der Waals surface area contributed by atoms with Gasteiger partial charge >= 0.3 is 0 Å². The van der Waals surface area contributed by atoms with Gasteiger partial charge in [0.15, 0.2) is 0 Å². The van der Waals surface area contributed by atoms with Gasteiger partial charge < -0.3 is 15.2 Å². The molecule has 1 fully saturated rings. The lowest BCUT2D eigenvalue weighted by Gasteiger charge is -2.32. The molecule has 1 saturated heterocycles. The number of hydrogen-bond donors (Lipinski definition) is 2. The van der Waals surface area contributed by atoms with Crippen LogP contribution in [0.2, 0.25) is 0 Å². The average Bonchev–Trinajstić information content (AvgIpc) is 2.99. The number of piperidine rings is 1. The average molecular weight is 278 g/mol. The van der Waals surface area contributed by atoms with Crippen molar-refractivity contribution in [1.29, 1.82) is 0 Å². The number of rotatable bonds is 9. The van der Waals surface area contributed by atoms with Crippen LogP contribution in [0.25, 0.3) is 0 Å². The highest BCUT2D eigenvalue weighted by atomic mass is 15.1. The number of aryl methyl sites for hydroxylation is 1. The summed E-state index contributed by atoms with van der Waals surface area (Å²) >= 11 is 0. The van der Waals surface area contributed by atoms with Crippen LogP contribution in [0.1, 0.15) is 44.7 Å². The Balaban J connectivity index is 1.49. The Morgan fingerprint density at radius 3 is 2.90 bits per heavy atom. The standard InChI is InChI=1S/C16H30N4/c1-2-8-17-12-15-6-10-20(11-7-15)9-4-3-5-16-13-18-14-19-16/h13-15,17H,2-12H2,1H3,(H,18,19). The first-order valence-corrected chi connectivity index (χ1v) is 8.28. The maximum absolute atomic E-state index is 4.06. The topological polar surface area (TPSA) is 44.0 Å². The normalized spacial score (nSPS) is 17.6. The number of likely N-dealkylation sites (tertiary alicyclic amines) is 1. The van der Waals surface area contributed by atoms with E-state index in [-0.39, 0.29) is 0 Å². The minimum absolute atomic E-state index is 0.905. The Hall–Kier alpha value is -0.870. The van der Waals surface area contributed by atoms with Crippen molar-refractivity contribution in [3.8, 4) is 0 Å². The van der Waals surface area contributed by atoms with Crippen LogP contribution in [-0.4, -0.2) is 47.6 Å². The van der Waals surface area contributed by atoms with Crippen molar-refractivity contribution < 1.29 is 0 Å². The molecule has 0 unspecified atom stereocenters. The fraction of sp³-hybridized carbons (Fsp3) is 0.812. The number of nitrogens with one attached hydrogen (secondary N) is 2. The van der Waals surface area contributed by atoms with Crippen molar-refractivity contribution in [2.24, 2.45) is 5.92 Å². The maximum Gasteiger partial charge on any atom is 0.0921 e. The summed E-state index contributed by atoms with van der Waals surface area (Å²) in [7, 11) is 0. The van der Waals surface area contributed by atoms with Crippen LogP contribution in [0.4, 0.5) is 0 Å². The van der Waals surface area contributed by atoms with E-state index in [2.05, 4.69) is 27.1 Å². The van der Waals surface area contributed by atoms with Gasteiger partial charge in [-0.25, -0.2) is 4.98 Å². The second kappa shape index (κ2) is 9.14. The molecule has 1 aromatic heterocycles. The van der Waals surface area contributed by atoms with Gasteiger partial charge in [-0.05, 0) is 77.2 Å². The number of H-pyrrole nitrogens is 1. The van der Waals surface area contributed by atoms with Gasteiger partial charge in [-0.2, -0.15) is 0 Å². The molecular formula is C16H30N4. The summed E-state index contributed by atoms with van der Waals surface area (Å²) in [5.41, 5.74) is 1.27. The summed E-state index contributed by atoms with van der Waals surface area (Å²) < 4.78 is 0. The molecule has 2 rings (SSSR count). The summed E-state index contributed by atoms with van der Waals surface area (Å²) in [5, 5.41) is 3.56. The third-order valence-corrected chi connectivity index (χ3v) is 4.29. The SMILES string of the molecule is CCCNCC1CCN(CCCCc2cnc[nH]2)CC1. The van der Waals surface area contributed by atoms with E-state index >= 15 is 0 Å². The lowest BCUT2D eigenvalue weighted by molar-refractivity contribution is 0.180. The first-order valence-electron chi connectivity index (χ1n) is 8.28. The Morgan fingerprint density at radius 1 is 1.35 bits per heavy atom. The molecule has 2 heterocycles. The van der Waals surface area contributed by atoms with Crippen LogP contribution in [0.15, 0.2) is 12.5 Å². The van der Waals surface area contributed by atoms with Gasteiger partial charge in [-0.3, -0.25) is 0 Å². The Morgan fingerprint density at radius 2 is 2.20 bits per heavy atom. The molecule has 4 heteroatoms. The molecule has 4 nitrogen and oxygen atoms in total. The van der Waals surface area contributed by atoms with E-state index in [0.29, 0.717) is 0 Å². The molecule has 0 amide bonds. The molecule has 1 aliphatic heterocycles. The molecular weight excluding hydrogens is 248 g/mol. The monoisotopic (exact) mass is 278 g/mol. The Labute approximate surface area is 123 Å². The molecule has 0 bridgehead atoms. The minimum atomic E-state index is 0.905. The molecule has 0 spiro atoms. The molecule has 0 aliphatic carbocycles. The van der Waals surface area contributed by atoms with Gasteiger partial charge in [0.2, 0.25) is 0 Å². The lowest BCUT2D eigenvalue weighted by Crippen LogP contribution is -2.37. The molecule has 0 aromatic carbocycles. The summed E-state index contributed by atoms with van der Waals surface area (Å²) in [4.78, 5) is 9.87. The number of imidazole rings is 1. The van der Waals surface area contributed by atoms with Gasteiger partial charge in [0, 0.05) is 11.9 Å². The first kappa shape index (κ1) is 15.5. The van der Waals surface area contributed by atoms with Crippen molar-refractivity contribution in [3.63, 3.8) is 0 Å². The van der Waals surface area contributed by atoms with Crippen molar-refractivity contribution in [1.82, 2.24) is 20.2 Å². The molecule has 20 heavy (non-hydrogen) atoms. The van der Waals surface area contributed by atoms with Crippen molar-refractivity contribution in [2.75, 3.05) is 32.7 Å². The maximum atomic E-state index is 4.06. The van der Waals surface area contributed by atoms with Crippen molar-refractivity contribution in [2.45, 2.75) is 45.4 Å². The van der Waals surface area contributed by atoms with Gasteiger partial charge in [-0.15, -0.1) is 0 Å². The molecule has 1 aromatic rings. The molecule has 0 radical (unpaired) electrons. The molecule has 114 valence electrons. The predicted molar refractivity (Wildman–Crippen MR) is 83.9 cm³/mol. The Bertz CT molecular complexity index is 328. The zero-order valence-electron chi connectivity index (χ0n) is 12.9. The van der Waals surface area contributed by atoms with E-state index in [0.717, 1.165) is 12.3 Å². The molecule has 2 N–H and O–H groups in total. The van der Waals surface area contributed by atoms with Gasteiger partial charge in [0.25, 0.3) is 0 Å². The van der Waals surface area contributed by atoms with Crippen LogP contribution in [0, 0.1) is 5.92 Å². The van der Waals surface area contributed by atoms with E-state index in [1.807, 2.05) is 6.20 Å². The van der Waals surface area contributed by atoms with Crippen LogP contribution in [0.5, 0.6) is 0 Å². The first-order chi connectivity index (χ1) is 9.88. The quantitative estimate of drug-likeness (QED) is 0.682.